The average Bonchev–Trinajstić information content (AvgIpc) is 3.48. The zero-order chi connectivity index (χ0) is 24.8. The molecule has 1 aliphatic carbocycles. The minimum Gasteiger partial charge on any atom is -0.481 e. The highest BCUT2D eigenvalue weighted by atomic mass is 32.1. The van der Waals surface area contributed by atoms with Gasteiger partial charge in [-0.2, -0.15) is 0 Å². The lowest BCUT2D eigenvalue weighted by atomic mass is 9.84. The summed E-state index contributed by atoms with van der Waals surface area (Å²) < 4.78 is 2.34. The second-order valence-electron chi connectivity index (χ2n) is 9.84. The van der Waals surface area contributed by atoms with Gasteiger partial charge in [0.15, 0.2) is 0 Å². The van der Waals surface area contributed by atoms with Crippen molar-refractivity contribution >= 4 is 34.2 Å². The van der Waals surface area contributed by atoms with Crippen LogP contribution in [-0.4, -0.2) is 32.6 Å². The van der Waals surface area contributed by atoms with Gasteiger partial charge in [-0.25, -0.2) is 4.98 Å². The summed E-state index contributed by atoms with van der Waals surface area (Å²) >= 11 is 1.73. The molecule has 0 spiro atoms. The number of benzene rings is 1. The van der Waals surface area contributed by atoms with Crippen molar-refractivity contribution < 1.29 is 14.7 Å². The average molecular weight is 496 g/mol. The smallest absolute Gasteiger partial charge is 0.305 e. The van der Waals surface area contributed by atoms with Crippen molar-refractivity contribution in [3.63, 3.8) is 0 Å². The van der Waals surface area contributed by atoms with Gasteiger partial charge in [0.2, 0.25) is 0 Å². The summed E-state index contributed by atoms with van der Waals surface area (Å²) in [6.45, 7) is 4.40. The maximum atomic E-state index is 13.2. The maximum Gasteiger partial charge on any atom is 0.305 e. The van der Waals surface area contributed by atoms with Crippen LogP contribution in [0, 0.1) is 5.92 Å². The van der Waals surface area contributed by atoms with E-state index in [-0.39, 0.29) is 18.4 Å². The van der Waals surface area contributed by atoms with Crippen molar-refractivity contribution in [3.8, 4) is 0 Å². The Morgan fingerprint density at radius 1 is 1.17 bits per heavy atom. The van der Waals surface area contributed by atoms with Gasteiger partial charge in [0, 0.05) is 28.9 Å². The number of rotatable bonds is 11. The highest BCUT2D eigenvalue weighted by Gasteiger charge is 2.24. The number of carbonyl (C=O) groups is 2. The number of carbonyl (C=O) groups excluding carboxylic acids is 1. The fourth-order valence-electron chi connectivity index (χ4n) is 5.54. The van der Waals surface area contributed by atoms with Gasteiger partial charge in [-0.15, -0.1) is 11.3 Å². The van der Waals surface area contributed by atoms with Crippen molar-refractivity contribution in [3.05, 3.63) is 52.0 Å². The van der Waals surface area contributed by atoms with Crippen molar-refractivity contribution in [2.45, 2.75) is 90.1 Å². The largest absolute Gasteiger partial charge is 0.481 e. The first kappa shape index (κ1) is 25.4. The van der Waals surface area contributed by atoms with Gasteiger partial charge in [0.25, 0.3) is 5.91 Å². The van der Waals surface area contributed by atoms with Gasteiger partial charge in [0.1, 0.15) is 5.82 Å². The molecular formula is C28H37N3O3S. The Bertz CT molecular complexity index is 1130. The minimum absolute atomic E-state index is 0.0429. The summed E-state index contributed by atoms with van der Waals surface area (Å²) in [6, 6.07) is 9.91. The van der Waals surface area contributed by atoms with Crippen molar-refractivity contribution in [2.75, 3.05) is 0 Å². The van der Waals surface area contributed by atoms with E-state index in [1.165, 1.54) is 24.1 Å². The summed E-state index contributed by atoms with van der Waals surface area (Å²) in [7, 11) is 0. The van der Waals surface area contributed by atoms with Crippen LogP contribution in [0.15, 0.2) is 35.7 Å². The standard InChI is InChI=1S/C28H37N3O3S/c1-3-22(4-2)31-25-13-12-20(16-24(25)30-26(31)18-23-11-8-14-35-23)28(34)29-21(17-27(32)33)15-19-9-6-5-7-10-19/h8,11-14,16,19,21-22H,3-7,9-10,15,17-18H2,1-2H3,(H,29,34)(H,32,33). The number of fused-ring (bicyclic) bond motifs is 1. The number of aliphatic carboxylic acids is 1. The number of carboxylic acids is 1. The molecule has 0 saturated heterocycles. The Labute approximate surface area is 211 Å². The van der Waals surface area contributed by atoms with E-state index in [2.05, 4.69) is 41.2 Å². The highest BCUT2D eigenvalue weighted by molar-refractivity contribution is 7.09. The zero-order valence-corrected chi connectivity index (χ0v) is 21.7. The van der Waals surface area contributed by atoms with Crippen molar-refractivity contribution in [2.24, 2.45) is 5.92 Å². The van der Waals surface area contributed by atoms with Crippen LogP contribution in [0.1, 0.15) is 98.7 Å². The number of thiophene rings is 1. The van der Waals surface area contributed by atoms with Crippen LogP contribution in [0.2, 0.25) is 0 Å². The molecule has 2 N–H and O–H groups in total. The molecule has 0 bridgehead atoms. The first-order valence-electron chi connectivity index (χ1n) is 13.0. The van der Waals surface area contributed by atoms with Gasteiger partial charge in [0.05, 0.1) is 17.5 Å². The number of hydrogen-bond donors (Lipinski definition) is 2. The second kappa shape index (κ2) is 11.8. The number of amides is 1. The molecule has 3 aromatic rings. The molecule has 4 rings (SSSR count). The van der Waals surface area contributed by atoms with Crippen LogP contribution >= 0.6 is 11.3 Å². The van der Waals surface area contributed by atoms with Crippen LogP contribution in [0.3, 0.4) is 0 Å². The zero-order valence-electron chi connectivity index (χ0n) is 20.8. The summed E-state index contributed by atoms with van der Waals surface area (Å²) in [5, 5.41) is 14.5. The van der Waals surface area contributed by atoms with E-state index in [0.29, 0.717) is 17.5 Å². The number of imidazole rings is 1. The van der Waals surface area contributed by atoms with Gasteiger partial charge in [-0.05, 0) is 54.8 Å². The van der Waals surface area contributed by atoms with Gasteiger partial charge in [-0.3, -0.25) is 9.59 Å². The molecule has 1 amide bonds. The lowest BCUT2D eigenvalue weighted by Gasteiger charge is -2.26. The molecule has 1 aliphatic rings. The fourth-order valence-corrected chi connectivity index (χ4v) is 6.24. The quantitative estimate of drug-likeness (QED) is 0.314. The van der Waals surface area contributed by atoms with E-state index in [9.17, 15) is 14.7 Å². The van der Waals surface area contributed by atoms with Crippen molar-refractivity contribution in [1.82, 2.24) is 14.9 Å². The monoisotopic (exact) mass is 495 g/mol. The lowest BCUT2D eigenvalue weighted by Crippen LogP contribution is -2.38. The third-order valence-corrected chi connectivity index (χ3v) is 8.22. The SMILES string of the molecule is CCC(CC)n1c(Cc2cccs2)nc2cc(C(=O)NC(CC(=O)O)CC3CCCCC3)ccc21. The third-order valence-electron chi connectivity index (χ3n) is 7.34. The number of hydrogen-bond acceptors (Lipinski definition) is 4. The molecule has 2 heterocycles. The van der Waals surface area contributed by atoms with E-state index in [0.717, 1.165) is 55.4 Å². The third kappa shape index (κ3) is 6.31. The van der Waals surface area contributed by atoms with Gasteiger partial charge >= 0.3 is 5.97 Å². The van der Waals surface area contributed by atoms with Crippen LogP contribution in [0.25, 0.3) is 11.0 Å². The number of carboxylic acid groups (broad SMARTS) is 1. The minimum atomic E-state index is -0.872. The summed E-state index contributed by atoms with van der Waals surface area (Å²) in [4.78, 5) is 30.9. The molecule has 1 atom stereocenters. The van der Waals surface area contributed by atoms with Gasteiger partial charge < -0.3 is 15.0 Å². The normalized spacial score (nSPS) is 15.5. The first-order valence-corrected chi connectivity index (χ1v) is 13.9. The molecule has 1 saturated carbocycles. The molecule has 2 aromatic heterocycles. The molecule has 0 radical (unpaired) electrons. The Kier molecular flexibility index (Phi) is 8.60. The van der Waals surface area contributed by atoms with E-state index < -0.39 is 5.97 Å². The number of nitrogens with zero attached hydrogens (tertiary/aromatic N) is 2. The topological polar surface area (TPSA) is 84.2 Å². The Morgan fingerprint density at radius 2 is 1.94 bits per heavy atom. The molecule has 188 valence electrons. The summed E-state index contributed by atoms with van der Waals surface area (Å²) in [5.41, 5.74) is 2.40. The van der Waals surface area contributed by atoms with E-state index in [4.69, 9.17) is 4.98 Å². The molecule has 0 aliphatic heterocycles. The van der Waals surface area contributed by atoms with E-state index in [1.54, 1.807) is 11.3 Å². The molecule has 1 unspecified atom stereocenters. The predicted octanol–water partition coefficient (Wildman–Crippen LogP) is 6.59. The van der Waals surface area contributed by atoms with Gasteiger partial charge in [-0.1, -0.05) is 52.0 Å². The Hall–Kier alpha value is -2.67. The molecule has 7 heteroatoms. The Balaban J connectivity index is 1.58. The van der Waals surface area contributed by atoms with Crippen LogP contribution in [0.5, 0.6) is 0 Å². The lowest BCUT2D eigenvalue weighted by molar-refractivity contribution is -0.137. The maximum absolute atomic E-state index is 13.2. The van der Waals surface area contributed by atoms with Crippen LogP contribution in [0.4, 0.5) is 0 Å². The van der Waals surface area contributed by atoms with Crippen LogP contribution in [-0.2, 0) is 11.2 Å². The van der Waals surface area contributed by atoms with E-state index in [1.807, 2.05) is 18.2 Å². The fraction of sp³-hybridized carbons (Fsp3) is 0.536. The molecule has 6 nitrogen and oxygen atoms in total. The predicted molar refractivity (Wildman–Crippen MR) is 141 cm³/mol. The number of nitrogens with one attached hydrogen (secondary N) is 1. The molecule has 1 fully saturated rings. The summed E-state index contributed by atoms with van der Waals surface area (Å²) in [6.07, 6.45) is 9.38. The highest BCUT2D eigenvalue weighted by Crippen LogP contribution is 2.30. The van der Waals surface area contributed by atoms with E-state index >= 15 is 0 Å². The molecular weight excluding hydrogens is 458 g/mol. The number of aromatic nitrogens is 2. The molecule has 35 heavy (non-hydrogen) atoms. The van der Waals surface area contributed by atoms with Crippen LogP contribution < -0.4 is 5.32 Å². The summed E-state index contributed by atoms with van der Waals surface area (Å²) in [5.74, 6) is 0.427. The Morgan fingerprint density at radius 3 is 2.60 bits per heavy atom. The molecule has 1 aromatic carbocycles. The first-order chi connectivity index (χ1) is 17.0. The van der Waals surface area contributed by atoms with Crippen molar-refractivity contribution in [1.29, 1.82) is 0 Å². The second-order valence-corrected chi connectivity index (χ2v) is 10.9.